The molecule has 0 spiro atoms. The number of fused-ring (bicyclic) bond motifs is 1. The van der Waals surface area contributed by atoms with Gasteiger partial charge in [0.1, 0.15) is 5.75 Å². The Kier molecular flexibility index (Phi) is 4.39. The molecule has 6 heteroatoms. The number of carbonyl (C=O) groups is 1. The van der Waals surface area contributed by atoms with Gasteiger partial charge in [-0.1, -0.05) is 0 Å². The predicted octanol–water partition coefficient (Wildman–Crippen LogP) is 3.00. The second kappa shape index (κ2) is 7.00. The lowest BCUT2D eigenvalue weighted by Gasteiger charge is -2.19. The quantitative estimate of drug-likeness (QED) is 0.730. The number of benzene rings is 1. The molecule has 0 radical (unpaired) electrons. The van der Waals surface area contributed by atoms with Crippen molar-refractivity contribution in [2.24, 2.45) is 0 Å². The number of ether oxygens (including phenoxy) is 1. The summed E-state index contributed by atoms with van der Waals surface area (Å²) in [6, 6.07) is 13.4. The van der Waals surface area contributed by atoms with E-state index in [1.807, 2.05) is 33.8 Å². The summed E-state index contributed by atoms with van der Waals surface area (Å²) >= 11 is 0. The van der Waals surface area contributed by atoms with Gasteiger partial charge in [0.2, 0.25) is 0 Å². The second-order valence-corrected chi connectivity index (χ2v) is 6.29. The van der Waals surface area contributed by atoms with Gasteiger partial charge in [0, 0.05) is 36.6 Å². The van der Waals surface area contributed by atoms with Gasteiger partial charge in [-0.3, -0.25) is 14.5 Å². The van der Waals surface area contributed by atoms with Crippen molar-refractivity contribution >= 4 is 5.91 Å². The van der Waals surface area contributed by atoms with E-state index in [2.05, 4.69) is 11.1 Å². The molecular formula is C20H20N4O2. The van der Waals surface area contributed by atoms with Crippen LogP contribution in [0.5, 0.6) is 5.75 Å². The van der Waals surface area contributed by atoms with E-state index in [1.54, 1.807) is 31.6 Å². The van der Waals surface area contributed by atoms with Crippen molar-refractivity contribution in [3.05, 3.63) is 66.1 Å². The van der Waals surface area contributed by atoms with Crippen LogP contribution in [0.25, 0.3) is 11.3 Å². The summed E-state index contributed by atoms with van der Waals surface area (Å²) in [7, 11) is 1.65. The first-order valence-electron chi connectivity index (χ1n) is 8.65. The van der Waals surface area contributed by atoms with Gasteiger partial charge >= 0.3 is 0 Å². The molecule has 6 nitrogen and oxygen atoms in total. The monoisotopic (exact) mass is 348 g/mol. The molecule has 26 heavy (non-hydrogen) atoms. The van der Waals surface area contributed by atoms with Gasteiger partial charge in [-0.25, -0.2) is 0 Å². The van der Waals surface area contributed by atoms with Crippen molar-refractivity contribution in [3.63, 3.8) is 0 Å². The van der Waals surface area contributed by atoms with Crippen LogP contribution >= 0.6 is 0 Å². The molecule has 0 atom stereocenters. The SMILES string of the molecule is COc1ccc(-c2cc3n(n2)CCCN(C(=O)c2ccncc2)C3)cc1. The van der Waals surface area contributed by atoms with Gasteiger partial charge in [-0.15, -0.1) is 0 Å². The zero-order chi connectivity index (χ0) is 17.9. The minimum atomic E-state index is 0.0352. The maximum absolute atomic E-state index is 12.8. The third-order valence-corrected chi connectivity index (χ3v) is 4.61. The molecule has 3 aromatic rings. The first kappa shape index (κ1) is 16.3. The van der Waals surface area contributed by atoms with Crippen molar-refractivity contribution in [3.8, 4) is 17.0 Å². The Hall–Kier alpha value is -3.15. The molecular weight excluding hydrogens is 328 g/mol. The molecule has 4 rings (SSSR count). The van der Waals surface area contributed by atoms with Crippen LogP contribution in [0.4, 0.5) is 0 Å². The van der Waals surface area contributed by atoms with Crippen molar-refractivity contribution < 1.29 is 9.53 Å². The van der Waals surface area contributed by atoms with Gasteiger partial charge in [0.15, 0.2) is 0 Å². The van der Waals surface area contributed by atoms with Crippen LogP contribution in [0.3, 0.4) is 0 Å². The fourth-order valence-electron chi connectivity index (χ4n) is 3.22. The first-order valence-corrected chi connectivity index (χ1v) is 8.65. The second-order valence-electron chi connectivity index (χ2n) is 6.29. The molecule has 0 aliphatic carbocycles. The van der Waals surface area contributed by atoms with Crippen molar-refractivity contribution in [2.75, 3.05) is 13.7 Å². The van der Waals surface area contributed by atoms with Crippen molar-refractivity contribution in [2.45, 2.75) is 19.5 Å². The highest BCUT2D eigenvalue weighted by atomic mass is 16.5. The summed E-state index contributed by atoms with van der Waals surface area (Å²) < 4.78 is 7.22. The summed E-state index contributed by atoms with van der Waals surface area (Å²) in [4.78, 5) is 18.6. The number of hydrogen-bond acceptors (Lipinski definition) is 4. The van der Waals surface area contributed by atoms with E-state index in [9.17, 15) is 4.79 Å². The smallest absolute Gasteiger partial charge is 0.254 e. The number of amides is 1. The average molecular weight is 348 g/mol. The Morgan fingerprint density at radius 3 is 2.58 bits per heavy atom. The molecule has 1 aromatic carbocycles. The number of rotatable bonds is 3. The molecule has 0 unspecified atom stereocenters. The lowest BCUT2D eigenvalue weighted by atomic mass is 10.1. The standard InChI is InChI=1S/C20H20N4O2/c1-26-18-5-3-15(4-6-18)19-13-17-14-23(11-2-12-24(17)22-19)20(25)16-7-9-21-10-8-16/h3-10,13H,2,11-12,14H2,1H3. The number of methoxy groups -OCH3 is 1. The maximum Gasteiger partial charge on any atom is 0.254 e. The van der Waals surface area contributed by atoms with Gasteiger partial charge in [-0.2, -0.15) is 5.10 Å². The van der Waals surface area contributed by atoms with Crippen molar-refractivity contribution in [1.82, 2.24) is 19.7 Å². The zero-order valence-corrected chi connectivity index (χ0v) is 14.6. The van der Waals surface area contributed by atoms with Crippen LogP contribution in [0.1, 0.15) is 22.5 Å². The Morgan fingerprint density at radius 1 is 1.08 bits per heavy atom. The minimum absolute atomic E-state index is 0.0352. The number of carbonyl (C=O) groups excluding carboxylic acids is 1. The van der Waals surface area contributed by atoms with Gasteiger partial charge in [-0.05, 0) is 48.9 Å². The lowest BCUT2D eigenvalue weighted by molar-refractivity contribution is 0.0745. The summed E-state index contributed by atoms with van der Waals surface area (Å²) in [5.74, 6) is 0.858. The average Bonchev–Trinajstić information content (AvgIpc) is 2.99. The maximum atomic E-state index is 12.8. The van der Waals surface area contributed by atoms with Crippen LogP contribution in [0.15, 0.2) is 54.9 Å². The van der Waals surface area contributed by atoms with Gasteiger partial charge in [0.25, 0.3) is 5.91 Å². The third-order valence-electron chi connectivity index (χ3n) is 4.61. The Bertz CT molecular complexity index is 903. The summed E-state index contributed by atoms with van der Waals surface area (Å²) in [6.45, 7) is 2.10. The van der Waals surface area contributed by atoms with E-state index in [1.165, 1.54) is 0 Å². The summed E-state index contributed by atoms with van der Waals surface area (Å²) in [5, 5.41) is 4.73. The number of pyridine rings is 1. The van der Waals surface area contributed by atoms with E-state index in [4.69, 9.17) is 9.84 Å². The molecule has 132 valence electrons. The highest BCUT2D eigenvalue weighted by Gasteiger charge is 2.22. The topological polar surface area (TPSA) is 60.2 Å². The van der Waals surface area contributed by atoms with E-state index in [0.29, 0.717) is 12.1 Å². The number of aryl methyl sites for hydroxylation is 1. The molecule has 3 heterocycles. The van der Waals surface area contributed by atoms with E-state index in [-0.39, 0.29) is 5.91 Å². The summed E-state index contributed by atoms with van der Waals surface area (Å²) in [5.41, 5.74) is 3.68. The molecule has 0 fully saturated rings. The largest absolute Gasteiger partial charge is 0.497 e. The minimum Gasteiger partial charge on any atom is -0.497 e. The Morgan fingerprint density at radius 2 is 1.85 bits per heavy atom. The number of nitrogens with zero attached hydrogens (tertiary/aromatic N) is 4. The Balaban J connectivity index is 1.58. The molecule has 1 aliphatic heterocycles. The van der Waals surface area contributed by atoms with E-state index >= 15 is 0 Å². The molecule has 0 N–H and O–H groups in total. The van der Waals surface area contributed by atoms with Crippen LogP contribution in [-0.2, 0) is 13.1 Å². The molecule has 0 saturated heterocycles. The van der Waals surface area contributed by atoms with Gasteiger partial charge < -0.3 is 9.64 Å². The highest BCUT2D eigenvalue weighted by molar-refractivity contribution is 5.94. The van der Waals surface area contributed by atoms with Gasteiger partial charge in [0.05, 0.1) is 25.0 Å². The van der Waals surface area contributed by atoms with E-state index in [0.717, 1.165) is 42.2 Å². The zero-order valence-electron chi connectivity index (χ0n) is 14.6. The van der Waals surface area contributed by atoms with E-state index < -0.39 is 0 Å². The fraction of sp³-hybridized carbons (Fsp3) is 0.250. The third kappa shape index (κ3) is 3.18. The van der Waals surface area contributed by atoms with Crippen LogP contribution in [0, 0.1) is 0 Å². The number of hydrogen-bond donors (Lipinski definition) is 0. The molecule has 2 aromatic heterocycles. The highest BCUT2D eigenvalue weighted by Crippen LogP contribution is 2.24. The summed E-state index contributed by atoms with van der Waals surface area (Å²) in [6.07, 6.45) is 4.18. The molecule has 0 saturated carbocycles. The normalized spacial score (nSPS) is 13.8. The van der Waals surface area contributed by atoms with Crippen molar-refractivity contribution in [1.29, 1.82) is 0 Å². The Labute approximate surface area is 152 Å². The van der Waals surface area contributed by atoms with Crippen LogP contribution < -0.4 is 4.74 Å². The van der Waals surface area contributed by atoms with Crippen LogP contribution in [0.2, 0.25) is 0 Å². The molecule has 0 bridgehead atoms. The molecule has 1 amide bonds. The lowest BCUT2D eigenvalue weighted by Crippen LogP contribution is -2.30. The fourth-order valence-corrected chi connectivity index (χ4v) is 3.22. The number of aromatic nitrogens is 3. The molecule has 1 aliphatic rings. The van der Waals surface area contributed by atoms with Crippen LogP contribution in [-0.4, -0.2) is 39.2 Å². The predicted molar refractivity (Wildman–Crippen MR) is 97.8 cm³/mol. The first-order chi connectivity index (χ1) is 12.7.